The third-order valence-electron chi connectivity index (χ3n) is 2.13. The molecule has 0 aliphatic heterocycles. The lowest BCUT2D eigenvalue weighted by Gasteiger charge is -2.05. The number of nitrogens with zero attached hydrogens (tertiary/aromatic N) is 2. The van der Waals surface area contributed by atoms with Crippen LogP contribution in [0.2, 0.25) is 0 Å². The molecule has 1 heterocycles. The second kappa shape index (κ2) is 4.58. The van der Waals surface area contributed by atoms with Crippen molar-refractivity contribution in [1.29, 1.82) is 0 Å². The van der Waals surface area contributed by atoms with Crippen molar-refractivity contribution < 1.29 is 9.90 Å². The highest BCUT2D eigenvalue weighted by Crippen LogP contribution is 2.19. The van der Waals surface area contributed by atoms with E-state index in [0.717, 1.165) is 11.5 Å². The zero-order valence-electron chi connectivity index (χ0n) is 8.79. The van der Waals surface area contributed by atoms with Gasteiger partial charge in [-0.3, -0.25) is 0 Å². The topological polar surface area (TPSA) is 101 Å². The minimum absolute atomic E-state index is 0.291. The summed E-state index contributed by atoms with van der Waals surface area (Å²) < 4.78 is 0. The molecule has 1 aromatic carbocycles. The van der Waals surface area contributed by atoms with Crippen LogP contribution in [0.1, 0.15) is 5.82 Å². The predicted octanol–water partition coefficient (Wildman–Crippen LogP) is 1.01. The summed E-state index contributed by atoms with van der Waals surface area (Å²) >= 11 is 0. The number of nitrogens with two attached hydrogens (primary N) is 1. The van der Waals surface area contributed by atoms with Crippen LogP contribution >= 0.6 is 0 Å². The number of hydrogen-bond donors (Lipinski definition) is 3. The van der Waals surface area contributed by atoms with E-state index in [2.05, 4.69) is 15.4 Å². The van der Waals surface area contributed by atoms with Gasteiger partial charge in [0.1, 0.15) is 0 Å². The normalized spacial score (nSPS) is 10.9. The average molecular weight is 230 g/mol. The van der Waals surface area contributed by atoms with Crippen molar-refractivity contribution in [3.05, 3.63) is 36.2 Å². The van der Waals surface area contributed by atoms with Crippen LogP contribution in [0.15, 0.2) is 30.3 Å². The number of anilines is 1. The zero-order chi connectivity index (χ0) is 12.3. The van der Waals surface area contributed by atoms with Crippen LogP contribution in [0.3, 0.4) is 0 Å². The Balaban J connectivity index is 2.56. The third kappa shape index (κ3) is 2.37. The first-order valence-electron chi connectivity index (χ1n) is 4.85. The van der Waals surface area contributed by atoms with Gasteiger partial charge in [0.05, 0.1) is 5.52 Å². The summed E-state index contributed by atoms with van der Waals surface area (Å²) in [6.45, 7) is 0. The molecule has 17 heavy (non-hydrogen) atoms. The van der Waals surface area contributed by atoms with Gasteiger partial charge in [-0.15, -0.1) is 0 Å². The first kappa shape index (κ1) is 11.0. The Morgan fingerprint density at radius 3 is 2.82 bits per heavy atom. The molecule has 0 aliphatic rings. The Hall–Kier alpha value is -2.47. The number of rotatable bonds is 3. The molecule has 0 radical (unpaired) electrons. The van der Waals surface area contributed by atoms with E-state index in [4.69, 9.17) is 10.9 Å². The summed E-state index contributed by atoms with van der Waals surface area (Å²) in [7, 11) is 0. The summed E-state index contributed by atoms with van der Waals surface area (Å²) in [6, 6.07) is 7.31. The van der Waals surface area contributed by atoms with Crippen molar-refractivity contribution in [3.8, 4) is 0 Å². The fraction of sp³-hybridized carbons (Fsp3) is 0. The molecule has 0 aliphatic carbocycles. The highest BCUT2D eigenvalue weighted by atomic mass is 16.4. The molecule has 0 fully saturated rings. The van der Waals surface area contributed by atoms with E-state index in [1.54, 1.807) is 6.07 Å². The summed E-state index contributed by atoms with van der Waals surface area (Å²) in [6.07, 6.45) is 2.29. The van der Waals surface area contributed by atoms with Gasteiger partial charge in [0.15, 0.2) is 11.6 Å². The number of carboxylic acid groups (broad SMARTS) is 1. The van der Waals surface area contributed by atoms with Gasteiger partial charge in [0, 0.05) is 11.5 Å². The number of hydrogen-bond acceptors (Lipinski definition) is 5. The van der Waals surface area contributed by atoms with Crippen LogP contribution in [0.4, 0.5) is 5.82 Å². The third-order valence-corrected chi connectivity index (χ3v) is 2.13. The van der Waals surface area contributed by atoms with Gasteiger partial charge in [0.2, 0.25) is 0 Å². The van der Waals surface area contributed by atoms with Gasteiger partial charge in [-0.05, 0) is 18.2 Å². The Labute approximate surface area is 96.8 Å². The van der Waals surface area contributed by atoms with Crippen LogP contribution < -0.4 is 11.3 Å². The Bertz CT molecular complexity index is 595. The maximum atomic E-state index is 10.4. The quantitative estimate of drug-likeness (QED) is 0.413. The standard InChI is InChI=1S/C11H10N4O2/c12-15-11-7-3-1-2-4-8(7)13-9(14-11)5-6-10(16)17/h1-6H,12H2,(H,16,17)(H,13,14,15). The van der Waals surface area contributed by atoms with E-state index in [1.165, 1.54) is 6.08 Å². The summed E-state index contributed by atoms with van der Waals surface area (Å²) in [4.78, 5) is 18.7. The maximum Gasteiger partial charge on any atom is 0.328 e. The van der Waals surface area contributed by atoms with E-state index in [0.29, 0.717) is 17.2 Å². The highest BCUT2D eigenvalue weighted by molar-refractivity contribution is 5.90. The maximum absolute atomic E-state index is 10.4. The molecule has 0 saturated heterocycles. The van der Waals surface area contributed by atoms with Crippen LogP contribution in [0.25, 0.3) is 17.0 Å². The average Bonchev–Trinajstić information content (AvgIpc) is 2.35. The minimum atomic E-state index is -1.05. The van der Waals surface area contributed by atoms with E-state index in [1.807, 2.05) is 18.2 Å². The lowest BCUT2D eigenvalue weighted by atomic mass is 10.2. The molecule has 2 rings (SSSR count). The number of para-hydroxylation sites is 1. The molecule has 86 valence electrons. The second-order valence-corrected chi connectivity index (χ2v) is 3.26. The number of nitrogen functional groups attached to an aromatic ring is 1. The summed E-state index contributed by atoms with van der Waals surface area (Å²) in [5.41, 5.74) is 3.16. The monoisotopic (exact) mass is 230 g/mol. The van der Waals surface area contributed by atoms with Gasteiger partial charge in [-0.1, -0.05) is 12.1 Å². The predicted molar refractivity (Wildman–Crippen MR) is 64.0 cm³/mol. The SMILES string of the molecule is NNc1nc(C=CC(=O)O)nc2ccccc12. The molecule has 0 bridgehead atoms. The largest absolute Gasteiger partial charge is 0.478 e. The van der Waals surface area contributed by atoms with Crippen LogP contribution in [-0.2, 0) is 4.79 Å². The van der Waals surface area contributed by atoms with Crippen molar-refractivity contribution in [2.24, 2.45) is 5.84 Å². The molecule has 6 nitrogen and oxygen atoms in total. The van der Waals surface area contributed by atoms with Crippen LogP contribution in [-0.4, -0.2) is 21.0 Å². The van der Waals surface area contributed by atoms with Gasteiger partial charge < -0.3 is 10.5 Å². The van der Waals surface area contributed by atoms with Crippen LogP contribution in [0, 0.1) is 0 Å². The zero-order valence-corrected chi connectivity index (χ0v) is 8.79. The Morgan fingerprint density at radius 2 is 2.12 bits per heavy atom. The number of aliphatic carboxylic acids is 1. The fourth-order valence-corrected chi connectivity index (χ4v) is 1.42. The minimum Gasteiger partial charge on any atom is -0.478 e. The molecular formula is C11H10N4O2. The first-order valence-corrected chi connectivity index (χ1v) is 4.85. The molecule has 0 amide bonds. The second-order valence-electron chi connectivity index (χ2n) is 3.26. The summed E-state index contributed by atoms with van der Waals surface area (Å²) in [5.74, 6) is 5.06. The van der Waals surface area contributed by atoms with E-state index in [9.17, 15) is 4.79 Å². The summed E-state index contributed by atoms with van der Waals surface area (Å²) in [5, 5.41) is 9.31. The van der Waals surface area contributed by atoms with Crippen molar-refractivity contribution in [2.45, 2.75) is 0 Å². The number of carboxylic acids is 1. The smallest absolute Gasteiger partial charge is 0.328 e. The number of fused-ring (bicyclic) bond motifs is 1. The van der Waals surface area contributed by atoms with Crippen molar-refractivity contribution in [1.82, 2.24) is 9.97 Å². The molecule has 0 saturated carbocycles. The van der Waals surface area contributed by atoms with Crippen LogP contribution in [0.5, 0.6) is 0 Å². The lowest BCUT2D eigenvalue weighted by Crippen LogP contribution is -2.10. The lowest BCUT2D eigenvalue weighted by molar-refractivity contribution is -0.131. The number of benzene rings is 1. The van der Waals surface area contributed by atoms with Crippen molar-refractivity contribution >= 4 is 28.8 Å². The number of hydrazine groups is 1. The van der Waals surface area contributed by atoms with E-state index in [-0.39, 0.29) is 0 Å². The Kier molecular flexibility index (Phi) is 2.97. The molecule has 4 N–H and O–H groups in total. The first-order chi connectivity index (χ1) is 8.20. The van der Waals surface area contributed by atoms with E-state index >= 15 is 0 Å². The fourth-order valence-electron chi connectivity index (χ4n) is 1.42. The molecular weight excluding hydrogens is 220 g/mol. The molecule has 6 heteroatoms. The molecule has 0 spiro atoms. The van der Waals surface area contributed by atoms with Gasteiger partial charge in [-0.2, -0.15) is 0 Å². The van der Waals surface area contributed by atoms with Gasteiger partial charge in [0.25, 0.3) is 0 Å². The van der Waals surface area contributed by atoms with Crippen molar-refractivity contribution in [2.75, 3.05) is 5.43 Å². The molecule has 2 aromatic rings. The van der Waals surface area contributed by atoms with Gasteiger partial charge in [-0.25, -0.2) is 20.6 Å². The number of carbonyl (C=O) groups is 1. The number of nitrogens with one attached hydrogen (secondary N) is 1. The van der Waals surface area contributed by atoms with E-state index < -0.39 is 5.97 Å². The number of aromatic nitrogens is 2. The molecule has 0 unspecified atom stereocenters. The van der Waals surface area contributed by atoms with Gasteiger partial charge >= 0.3 is 5.97 Å². The van der Waals surface area contributed by atoms with Crippen molar-refractivity contribution in [3.63, 3.8) is 0 Å². The highest BCUT2D eigenvalue weighted by Gasteiger charge is 2.04. The molecule has 0 atom stereocenters. The molecule has 1 aromatic heterocycles. The Morgan fingerprint density at radius 1 is 1.35 bits per heavy atom.